The van der Waals surface area contributed by atoms with Gasteiger partial charge in [0, 0.05) is 23.8 Å². The van der Waals surface area contributed by atoms with Crippen molar-refractivity contribution >= 4 is 27.8 Å². The molecule has 1 aromatic heterocycles. The summed E-state index contributed by atoms with van der Waals surface area (Å²) in [5, 5.41) is 8.60. The molecule has 0 saturated carbocycles. The molecule has 0 atom stereocenters. The average Bonchev–Trinajstić information content (AvgIpc) is 2.29. The van der Waals surface area contributed by atoms with E-state index in [-0.39, 0.29) is 18.9 Å². The number of pyridine rings is 1. The molecular formula is C11H13BrN2O3. The highest BCUT2D eigenvalue weighted by molar-refractivity contribution is 9.10. The van der Waals surface area contributed by atoms with Crippen LogP contribution in [-0.2, 0) is 4.79 Å². The Morgan fingerprint density at radius 3 is 2.76 bits per heavy atom. The van der Waals surface area contributed by atoms with E-state index in [0.29, 0.717) is 16.7 Å². The third-order valence-corrected chi connectivity index (χ3v) is 2.87. The zero-order chi connectivity index (χ0) is 12.8. The van der Waals surface area contributed by atoms with Gasteiger partial charge in [0.15, 0.2) is 0 Å². The van der Waals surface area contributed by atoms with Crippen molar-refractivity contribution in [3.8, 4) is 0 Å². The fourth-order valence-electron chi connectivity index (χ4n) is 1.33. The van der Waals surface area contributed by atoms with Crippen LogP contribution in [0.5, 0.6) is 0 Å². The number of carboxylic acid groups (broad SMARTS) is 1. The molecule has 1 N–H and O–H groups in total. The summed E-state index contributed by atoms with van der Waals surface area (Å²) in [4.78, 5) is 28.0. The van der Waals surface area contributed by atoms with Crippen molar-refractivity contribution in [3.05, 3.63) is 28.5 Å². The number of halogens is 1. The van der Waals surface area contributed by atoms with Gasteiger partial charge < -0.3 is 10.0 Å². The molecule has 0 aliphatic rings. The van der Waals surface area contributed by atoms with Crippen LogP contribution < -0.4 is 0 Å². The lowest BCUT2D eigenvalue weighted by atomic mass is 10.3. The van der Waals surface area contributed by atoms with E-state index in [4.69, 9.17) is 5.11 Å². The molecule has 0 fully saturated rings. The van der Waals surface area contributed by atoms with Crippen LogP contribution in [0.2, 0.25) is 0 Å². The molecule has 1 rings (SSSR count). The Kier molecular flexibility index (Phi) is 5.09. The van der Waals surface area contributed by atoms with Crippen molar-refractivity contribution in [1.82, 2.24) is 9.88 Å². The lowest BCUT2D eigenvalue weighted by molar-refractivity contribution is -0.137. The van der Waals surface area contributed by atoms with Gasteiger partial charge in [-0.25, -0.2) is 4.98 Å². The van der Waals surface area contributed by atoms with Gasteiger partial charge >= 0.3 is 5.97 Å². The Morgan fingerprint density at radius 2 is 2.24 bits per heavy atom. The van der Waals surface area contributed by atoms with Gasteiger partial charge in [0.25, 0.3) is 5.91 Å². The largest absolute Gasteiger partial charge is 0.481 e. The molecule has 17 heavy (non-hydrogen) atoms. The highest BCUT2D eigenvalue weighted by Gasteiger charge is 2.18. The van der Waals surface area contributed by atoms with Crippen LogP contribution in [0.4, 0.5) is 0 Å². The van der Waals surface area contributed by atoms with Crippen molar-refractivity contribution in [2.75, 3.05) is 13.1 Å². The predicted octanol–water partition coefficient (Wildman–Crippen LogP) is 1.78. The second-order valence-corrected chi connectivity index (χ2v) is 4.22. The highest BCUT2D eigenvalue weighted by Crippen LogP contribution is 2.15. The van der Waals surface area contributed by atoms with E-state index in [2.05, 4.69) is 20.9 Å². The van der Waals surface area contributed by atoms with E-state index in [1.165, 1.54) is 11.1 Å². The van der Waals surface area contributed by atoms with Gasteiger partial charge in [0.05, 0.1) is 6.42 Å². The second kappa shape index (κ2) is 6.34. The molecule has 0 unspecified atom stereocenters. The summed E-state index contributed by atoms with van der Waals surface area (Å²) in [5.41, 5.74) is 0.305. The van der Waals surface area contributed by atoms with Gasteiger partial charge in [0.1, 0.15) is 5.69 Å². The van der Waals surface area contributed by atoms with E-state index in [1.54, 1.807) is 19.1 Å². The summed E-state index contributed by atoms with van der Waals surface area (Å²) in [6, 6.07) is 3.44. The highest BCUT2D eigenvalue weighted by atomic mass is 79.9. The normalized spacial score (nSPS) is 10.0. The average molecular weight is 301 g/mol. The molecule has 5 nitrogen and oxygen atoms in total. The minimum atomic E-state index is -0.920. The van der Waals surface area contributed by atoms with Crippen LogP contribution in [0, 0.1) is 0 Å². The molecule has 0 radical (unpaired) electrons. The van der Waals surface area contributed by atoms with Crippen molar-refractivity contribution in [3.63, 3.8) is 0 Å². The van der Waals surface area contributed by atoms with Gasteiger partial charge in [-0.05, 0) is 35.0 Å². The molecule has 0 aromatic carbocycles. The van der Waals surface area contributed by atoms with Crippen molar-refractivity contribution < 1.29 is 14.7 Å². The number of carbonyl (C=O) groups excluding carboxylic acids is 1. The number of rotatable bonds is 5. The summed E-state index contributed by atoms with van der Waals surface area (Å²) >= 11 is 3.25. The molecule has 0 aliphatic heterocycles. The second-order valence-electron chi connectivity index (χ2n) is 3.36. The number of aliphatic carboxylic acids is 1. The number of carboxylic acids is 1. The number of carbonyl (C=O) groups is 2. The maximum absolute atomic E-state index is 12.0. The monoisotopic (exact) mass is 300 g/mol. The van der Waals surface area contributed by atoms with E-state index >= 15 is 0 Å². The quantitative estimate of drug-likeness (QED) is 0.900. The van der Waals surface area contributed by atoms with Crippen LogP contribution in [-0.4, -0.2) is 40.0 Å². The number of aromatic nitrogens is 1. The Balaban J connectivity index is 2.79. The summed E-state index contributed by atoms with van der Waals surface area (Å²) in [6.07, 6.45) is 1.47. The van der Waals surface area contributed by atoms with Gasteiger partial charge in [-0.15, -0.1) is 0 Å². The smallest absolute Gasteiger partial charge is 0.305 e. The van der Waals surface area contributed by atoms with Gasteiger partial charge in [-0.2, -0.15) is 0 Å². The van der Waals surface area contributed by atoms with Crippen LogP contribution in [0.15, 0.2) is 22.8 Å². The Morgan fingerprint density at radius 1 is 1.53 bits per heavy atom. The minimum Gasteiger partial charge on any atom is -0.481 e. The maximum atomic E-state index is 12.0. The van der Waals surface area contributed by atoms with Crippen molar-refractivity contribution in [1.29, 1.82) is 0 Å². The standard InChI is InChI=1S/C11H13BrN2O3/c1-2-14(7-5-9(15)16)11(17)10-8(12)4-3-6-13-10/h3-4,6H,2,5,7H2,1H3,(H,15,16). The van der Waals surface area contributed by atoms with Crippen molar-refractivity contribution in [2.24, 2.45) is 0 Å². The fraction of sp³-hybridized carbons (Fsp3) is 0.364. The first-order valence-electron chi connectivity index (χ1n) is 5.17. The number of amides is 1. The first kappa shape index (κ1) is 13.6. The summed E-state index contributed by atoms with van der Waals surface area (Å²) in [5.74, 6) is -1.18. The zero-order valence-electron chi connectivity index (χ0n) is 9.39. The van der Waals surface area contributed by atoms with E-state index in [9.17, 15) is 9.59 Å². The first-order chi connectivity index (χ1) is 8.06. The molecule has 6 heteroatoms. The summed E-state index contributed by atoms with van der Waals surface area (Å²) in [7, 11) is 0. The molecule has 0 aliphatic carbocycles. The fourth-order valence-corrected chi connectivity index (χ4v) is 1.75. The van der Waals surface area contributed by atoms with Crippen LogP contribution in [0.3, 0.4) is 0 Å². The van der Waals surface area contributed by atoms with Crippen LogP contribution in [0.1, 0.15) is 23.8 Å². The molecule has 1 heterocycles. The minimum absolute atomic E-state index is 0.0654. The first-order valence-corrected chi connectivity index (χ1v) is 5.97. The molecular weight excluding hydrogens is 288 g/mol. The third-order valence-electron chi connectivity index (χ3n) is 2.23. The van der Waals surface area contributed by atoms with Crippen LogP contribution >= 0.6 is 15.9 Å². The third kappa shape index (κ3) is 3.81. The van der Waals surface area contributed by atoms with E-state index in [1.807, 2.05) is 0 Å². The SMILES string of the molecule is CCN(CCC(=O)O)C(=O)c1ncccc1Br. The van der Waals surface area contributed by atoms with E-state index in [0.717, 1.165) is 0 Å². The molecule has 1 aromatic rings. The number of hydrogen-bond acceptors (Lipinski definition) is 3. The lowest BCUT2D eigenvalue weighted by Gasteiger charge is -2.19. The molecule has 0 bridgehead atoms. The number of nitrogens with zero attached hydrogens (tertiary/aromatic N) is 2. The van der Waals surface area contributed by atoms with Gasteiger partial charge in [0.2, 0.25) is 0 Å². The topological polar surface area (TPSA) is 70.5 Å². The van der Waals surface area contributed by atoms with E-state index < -0.39 is 5.97 Å². The van der Waals surface area contributed by atoms with Gasteiger partial charge in [-0.3, -0.25) is 9.59 Å². The Hall–Kier alpha value is -1.43. The van der Waals surface area contributed by atoms with Crippen molar-refractivity contribution in [2.45, 2.75) is 13.3 Å². The van der Waals surface area contributed by atoms with Gasteiger partial charge in [-0.1, -0.05) is 0 Å². The summed E-state index contributed by atoms with van der Waals surface area (Å²) in [6.45, 7) is 2.44. The Labute approximate surface area is 108 Å². The maximum Gasteiger partial charge on any atom is 0.305 e. The lowest BCUT2D eigenvalue weighted by Crippen LogP contribution is -2.33. The molecule has 0 saturated heterocycles. The Bertz CT molecular complexity index is 423. The predicted molar refractivity (Wildman–Crippen MR) is 65.8 cm³/mol. The molecule has 92 valence electrons. The van der Waals surface area contributed by atoms with Crippen LogP contribution in [0.25, 0.3) is 0 Å². The molecule has 1 amide bonds. The number of hydrogen-bond donors (Lipinski definition) is 1. The zero-order valence-corrected chi connectivity index (χ0v) is 11.0. The molecule has 0 spiro atoms. The summed E-state index contributed by atoms with van der Waals surface area (Å²) < 4.78 is 0.610.